The summed E-state index contributed by atoms with van der Waals surface area (Å²) in [7, 11) is 0. The van der Waals surface area contributed by atoms with Gasteiger partial charge in [-0.15, -0.1) is 0 Å². The zero-order valence-electron chi connectivity index (χ0n) is 17.7. The van der Waals surface area contributed by atoms with Crippen molar-refractivity contribution >= 4 is 0 Å². The zero-order valence-corrected chi connectivity index (χ0v) is 17.7. The Hall–Kier alpha value is -0.640. The maximum absolute atomic E-state index is 10.2. The molecule has 3 aliphatic rings. The van der Waals surface area contributed by atoms with E-state index in [-0.39, 0.29) is 0 Å². The Balaban J connectivity index is 1.58. The first-order valence-electron chi connectivity index (χ1n) is 10.6. The monoisotopic (exact) mass is 504 g/mol. The zero-order chi connectivity index (χ0) is 25.3. The van der Waals surface area contributed by atoms with Crippen molar-refractivity contribution in [2.45, 2.75) is 92.1 Å². The third-order valence-corrected chi connectivity index (χ3v) is 6.05. The van der Waals surface area contributed by atoms with Crippen molar-refractivity contribution in [2.24, 2.45) is 0 Å². The van der Waals surface area contributed by atoms with Crippen molar-refractivity contribution in [3.63, 3.8) is 0 Å². The molecule has 34 heavy (non-hydrogen) atoms. The Labute approximate surface area is 192 Å². The highest BCUT2D eigenvalue weighted by Gasteiger charge is 2.48. The maximum Gasteiger partial charge on any atom is 0.186 e. The molecule has 0 bridgehead atoms. The molecule has 0 aromatic rings. The largest absolute Gasteiger partial charge is 0.394 e. The second kappa shape index (κ2) is 11.6. The van der Waals surface area contributed by atoms with Crippen LogP contribution < -0.4 is 0 Å². The van der Waals surface area contributed by atoms with E-state index < -0.39 is 112 Å². The lowest BCUT2D eigenvalue weighted by molar-refractivity contribution is -0.340. The first-order chi connectivity index (χ1) is 16.0. The topological polar surface area (TPSA) is 269 Å². The van der Waals surface area contributed by atoms with Gasteiger partial charge in [0.15, 0.2) is 18.9 Å². The fourth-order valence-corrected chi connectivity index (χ4v) is 3.84. The Bertz CT molecular complexity index is 639. The molecule has 200 valence electrons. The highest BCUT2D eigenvalue weighted by Crippen LogP contribution is 2.27. The van der Waals surface area contributed by atoms with E-state index >= 15 is 0 Å². The number of aliphatic hydroxyl groups is 11. The van der Waals surface area contributed by atoms with E-state index in [9.17, 15) is 56.2 Å². The lowest BCUT2D eigenvalue weighted by Gasteiger charge is -2.43. The molecule has 0 radical (unpaired) electrons. The normalized spacial score (nSPS) is 52.5. The van der Waals surface area contributed by atoms with Crippen molar-refractivity contribution in [3.8, 4) is 0 Å². The van der Waals surface area contributed by atoms with Crippen molar-refractivity contribution in [1.29, 1.82) is 0 Å². The van der Waals surface area contributed by atoms with Crippen LogP contribution in [-0.2, 0) is 23.7 Å². The Morgan fingerprint density at radius 2 is 0.824 bits per heavy atom. The third kappa shape index (κ3) is 5.68. The molecule has 0 aromatic heterocycles. The molecule has 0 saturated carbocycles. The molecule has 0 unspecified atom stereocenters. The Morgan fingerprint density at radius 3 is 1.29 bits per heavy atom. The molecular weight excluding hydrogens is 472 g/mol. The van der Waals surface area contributed by atoms with Crippen molar-refractivity contribution in [3.05, 3.63) is 0 Å². The van der Waals surface area contributed by atoms with Crippen LogP contribution in [-0.4, -0.2) is 168 Å². The third-order valence-electron chi connectivity index (χ3n) is 6.05. The molecule has 0 spiro atoms. The molecule has 3 saturated heterocycles. The van der Waals surface area contributed by atoms with Crippen LogP contribution in [0.3, 0.4) is 0 Å². The second-order valence-corrected chi connectivity index (χ2v) is 8.42. The molecule has 0 aliphatic carbocycles. The van der Waals surface area contributed by atoms with Gasteiger partial charge >= 0.3 is 0 Å². The average molecular weight is 504 g/mol. The SMILES string of the molecule is OC[C@H]1O[C@@H](OC[C@H]2O[C@H](OC[C@H]3O[C@H](O)[C@@H](O)[C@@H](O)[C@@H]3O)[C@@H](O)[C@@H](O)[C@@H]2O)[C@H](O)[C@@H](O)[C@@H]1O. The minimum atomic E-state index is -1.82. The molecule has 3 fully saturated rings. The smallest absolute Gasteiger partial charge is 0.186 e. The predicted molar refractivity (Wildman–Crippen MR) is 101 cm³/mol. The molecule has 15 atom stereocenters. The van der Waals surface area contributed by atoms with Crippen LogP contribution in [0.4, 0.5) is 0 Å². The maximum atomic E-state index is 10.2. The minimum Gasteiger partial charge on any atom is -0.394 e. The van der Waals surface area contributed by atoms with E-state index in [0.717, 1.165) is 0 Å². The van der Waals surface area contributed by atoms with Gasteiger partial charge in [0.2, 0.25) is 0 Å². The first kappa shape index (κ1) is 27.9. The van der Waals surface area contributed by atoms with Gasteiger partial charge in [0.25, 0.3) is 0 Å². The van der Waals surface area contributed by atoms with Crippen LogP contribution in [0.5, 0.6) is 0 Å². The summed E-state index contributed by atoms with van der Waals surface area (Å²) in [6, 6.07) is 0. The summed E-state index contributed by atoms with van der Waals surface area (Å²) >= 11 is 0. The standard InChI is InChI=1S/C18H32O16/c19-1-4-7(20)11(24)14(27)17(33-4)31-3-6-9(22)12(25)15(28)18(34-6)30-2-5-8(21)10(23)13(26)16(29)32-5/h4-29H,1-3H2/t4-,5-,6-,7-,8-,9-,10+,11+,12+,13+,14-,15+,16+,17-,18+/m1/s1. The highest BCUT2D eigenvalue weighted by molar-refractivity contribution is 4.92. The van der Waals surface area contributed by atoms with E-state index in [1.165, 1.54) is 0 Å². The number of rotatable bonds is 7. The molecule has 16 heteroatoms. The summed E-state index contributed by atoms with van der Waals surface area (Å²) < 4.78 is 26.1. The second-order valence-electron chi connectivity index (χ2n) is 8.42. The van der Waals surface area contributed by atoms with Crippen LogP contribution in [0.15, 0.2) is 0 Å². The van der Waals surface area contributed by atoms with Crippen LogP contribution >= 0.6 is 0 Å². The summed E-state index contributed by atoms with van der Waals surface area (Å²) in [6.45, 7) is -1.84. The van der Waals surface area contributed by atoms with Crippen LogP contribution in [0.2, 0.25) is 0 Å². The molecule has 3 rings (SSSR count). The quantitative estimate of drug-likeness (QED) is 0.154. The Morgan fingerprint density at radius 1 is 0.441 bits per heavy atom. The fraction of sp³-hybridized carbons (Fsp3) is 1.00. The van der Waals surface area contributed by atoms with Crippen LogP contribution in [0.1, 0.15) is 0 Å². The highest BCUT2D eigenvalue weighted by atomic mass is 16.7. The van der Waals surface area contributed by atoms with Gasteiger partial charge in [-0.25, -0.2) is 0 Å². The van der Waals surface area contributed by atoms with Gasteiger partial charge in [0, 0.05) is 0 Å². The summed E-state index contributed by atoms with van der Waals surface area (Å²) in [6.07, 6.45) is -24.4. The minimum absolute atomic E-state index is 0.570. The average Bonchev–Trinajstić information content (AvgIpc) is 2.82. The van der Waals surface area contributed by atoms with Gasteiger partial charge in [0.1, 0.15) is 73.2 Å². The number of ether oxygens (including phenoxy) is 5. The van der Waals surface area contributed by atoms with Gasteiger partial charge in [-0.1, -0.05) is 0 Å². The summed E-state index contributed by atoms with van der Waals surface area (Å²) in [5.41, 5.74) is 0. The number of aliphatic hydroxyl groups excluding tert-OH is 11. The molecule has 11 N–H and O–H groups in total. The van der Waals surface area contributed by atoms with Gasteiger partial charge in [-0.3, -0.25) is 0 Å². The molecule has 0 aromatic carbocycles. The summed E-state index contributed by atoms with van der Waals surface area (Å²) in [4.78, 5) is 0. The van der Waals surface area contributed by atoms with Gasteiger partial charge in [0.05, 0.1) is 19.8 Å². The van der Waals surface area contributed by atoms with E-state index in [1.807, 2.05) is 0 Å². The van der Waals surface area contributed by atoms with E-state index in [1.54, 1.807) is 0 Å². The number of hydrogen-bond donors (Lipinski definition) is 11. The van der Waals surface area contributed by atoms with Crippen LogP contribution in [0.25, 0.3) is 0 Å². The van der Waals surface area contributed by atoms with Gasteiger partial charge < -0.3 is 79.9 Å². The summed E-state index contributed by atoms with van der Waals surface area (Å²) in [5, 5.41) is 108. The summed E-state index contributed by atoms with van der Waals surface area (Å²) in [5.74, 6) is 0. The number of hydrogen-bond acceptors (Lipinski definition) is 16. The van der Waals surface area contributed by atoms with E-state index in [2.05, 4.69) is 0 Å². The molecular formula is C18H32O16. The van der Waals surface area contributed by atoms with Crippen molar-refractivity contribution in [2.75, 3.05) is 19.8 Å². The van der Waals surface area contributed by atoms with Gasteiger partial charge in [-0.2, -0.15) is 0 Å². The first-order valence-corrected chi connectivity index (χ1v) is 10.6. The van der Waals surface area contributed by atoms with Crippen LogP contribution in [0, 0.1) is 0 Å². The molecule has 3 aliphatic heterocycles. The molecule has 0 amide bonds. The lowest BCUT2D eigenvalue weighted by Crippen LogP contribution is -2.62. The lowest BCUT2D eigenvalue weighted by atomic mass is 9.98. The molecule has 16 nitrogen and oxygen atoms in total. The van der Waals surface area contributed by atoms with Gasteiger partial charge in [-0.05, 0) is 0 Å². The Kier molecular flexibility index (Phi) is 9.54. The predicted octanol–water partition coefficient (Wildman–Crippen LogP) is -7.57. The van der Waals surface area contributed by atoms with E-state index in [0.29, 0.717) is 0 Å². The fourth-order valence-electron chi connectivity index (χ4n) is 3.84. The van der Waals surface area contributed by atoms with Crippen molar-refractivity contribution in [1.82, 2.24) is 0 Å². The van der Waals surface area contributed by atoms with Crippen molar-refractivity contribution < 1.29 is 79.9 Å². The van der Waals surface area contributed by atoms with E-state index in [4.69, 9.17) is 23.7 Å². The molecule has 3 heterocycles.